The molecular weight excluding hydrogens is 258 g/mol. The van der Waals surface area contributed by atoms with Gasteiger partial charge in [0.15, 0.2) is 0 Å². The molecule has 2 heteroatoms. The van der Waals surface area contributed by atoms with Crippen LogP contribution in [0.5, 0.6) is 0 Å². The van der Waals surface area contributed by atoms with E-state index in [0.29, 0.717) is 5.92 Å². The molecule has 3 rings (SSSR count). The third-order valence-electron chi connectivity index (χ3n) is 4.45. The van der Waals surface area contributed by atoms with E-state index in [4.69, 9.17) is 0 Å². The van der Waals surface area contributed by atoms with Crippen LogP contribution in [0.1, 0.15) is 23.5 Å². The van der Waals surface area contributed by atoms with Crippen molar-refractivity contribution in [1.29, 1.82) is 0 Å². The highest BCUT2D eigenvalue weighted by Crippen LogP contribution is 2.28. The van der Waals surface area contributed by atoms with Crippen LogP contribution in [-0.4, -0.2) is 35.7 Å². The van der Waals surface area contributed by atoms with E-state index < -0.39 is 0 Å². The Kier molecular flexibility index (Phi) is 4.69. The molecule has 2 aromatic carbocycles. The first-order valence-electron chi connectivity index (χ1n) is 7.82. The molecule has 21 heavy (non-hydrogen) atoms. The van der Waals surface area contributed by atoms with Gasteiger partial charge in [0.25, 0.3) is 0 Å². The van der Waals surface area contributed by atoms with Crippen molar-refractivity contribution < 1.29 is 5.11 Å². The predicted octanol–water partition coefficient (Wildman–Crippen LogP) is 3.08. The molecule has 1 N–H and O–H groups in total. The molecule has 2 aromatic rings. The zero-order chi connectivity index (χ0) is 14.5. The average Bonchev–Trinajstić information content (AvgIpc) is 2.55. The number of nitrogens with zero attached hydrogens (tertiary/aromatic N) is 1. The van der Waals surface area contributed by atoms with E-state index in [9.17, 15) is 5.11 Å². The summed E-state index contributed by atoms with van der Waals surface area (Å²) < 4.78 is 0. The molecule has 1 heterocycles. The van der Waals surface area contributed by atoms with Crippen molar-refractivity contribution in [2.75, 3.05) is 19.6 Å². The summed E-state index contributed by atoms with van der Waals surface area (Å²) in [5.74, 6) is 0.291. The fraction of sp³-hybridized carbons (Fsp3) is 0.368. The van der Waals surface area contributed by atoms with Gasteiger partial charge in [-0.25, -0.2) is 0 Å². The second-order valence-corrected chi connectivity index (χ2v) is 5.91. The fourth-order valence-corrected chi connectivity index (χ4v) is 3.22. The zero-order valence-electron chi connectivity index (χ0n) is 12.4. The normalized spacial score (nSPS) is 23.1. The lowest BCUT2D eigenvalue weighted by atomic mass is 9.87. The first kappa shape index (κ1) is 14.3. The molecule has 0 aliphatic carbocycles. The van der Waals surface area contributed by atoms with Crippen molar-refractivity contribution in [2.45, 2.75) is 24.9 Å². The molecule has 1 fully saturated rings. The van der Waals surface area contributed by atoms with E-state index in [0.717, 1.165) is 32.5 Å². The van der Waals surface area contributed by atoms with Crippen LogP contribution in [0.2, 0.25) is 0 Å². The fourth-order valence-electron chi connectivity index (χ4n) is 3.22. The summed E-state index contributed by atoms with van der Waals surface area (Å²) in [7, 11) is 0. The second kappa shape index (κ2) is 6.88. The molecule has 110 valence electrons. The first-order valence-corrected chi connectivity index (χ1v) is 7.82. The number of hydrogen-bond donors (Lipinski definition) is 1. The smallest absolute Gasteiger partial charge is 0.0735 e. The maximum absolute atomic E-state index is 10.4. The van der Waals surface area contributed by atoms with Crippen LogP contribution in [-0.2, 0) is 6.42 Å². The summed E-state index contributed by atoms with van der Waals surface area (Å²) in [4.78, 5) is 2.39. The van der Waals surface area contributed by atoms with Crippen LogP contribution in [0.15, 0.2) is 60.7 Å². The van der Waals surface area contributed by atoms with E-state index in [2.05, 4.69) is 59.5 Å². The molecule has 2 nitrogen and oxygen atoms in total. The number of hydrogen-bond acceptors (Lipinski definition) is 2. The molecule has 1 aliphatic heterocycles. The topological polar surface area (TPSA) is 23.5 Å². The van der Waals surface area contributed by atoms with Crippen LogP contribution in [0.25, 0.3) is 0 Å². The summed E-state index contributed by atoms with van der Waals surface area (Å²) in [5, 5.41) is 10.4. The molecule has 1 aliphatic rings. The van der Waals surface area contributed by atoms with Gasteiger partial charge < -0.3 is 10.0 Å². The van der Waals surface area contributed by atoms with Crippen LogP contribution >= 0.6 is 0 Å². The Morgan fingerprint density at radius 3 is 2.29 bits per heavy atom. The van der Waals surface area contributed by atoms with Gasteiger partial charge in [0.1, 0.15) is 0 Å². The molecule has 2 atom stereocenters. The highest BCUT2D eigenvalue weighted by molar-refractivity contribution is 5.21. The lowest BCUT2D eigenvalue weighted by molar-refractivity contribution is 0.0519. The number of likely N-dealkylation sites (tertiary alicyclic amines) is 1. The molecule has 0 unspecified atom stereocenters. The van der Waals surface area contributed by atoms with Gasteiger partial charge in [0, 0.05) is 19.0 Å². The molecule has 1 saturated heterocycles. The number of aliphatic hydroxyl groups is 1. The van der Waals surface area contributed by atoms with Gasteiger partial charge >= 0.3 is 0 Å². The Balaban J connectivity index is 1.54. The highest BCUT2D eigenvalue weighted by Gasteiger charge is 2.28. The second-order valence-electron chi connectivity index (χ2n) is 5.91. The number of benzene rings is 2. The van der Waals surface area contributed by atoms with Crippen molar-refractivity contribution in [3.63, 3.8) is 0 Å². The van der Waals surface area contributed by atoms with Crippen molar-refractivity contribution in [3.05, 3.63) is 71.8 Å². The number of piperidine rings is 1. The predicted molar refractivity (Wildman–Crippen MR) is 86.4 cm³/mol. The maximum Gasteiger partial charge on any atom is 0.0735 e. The van der Waals surface area contributed by atoms with E-state index in [-0.39, 0.29) is 6.10 Å². The van der Waals surface area contributed by atoms with Gasteiger partial charge in [0.05, 0.1) is 6.10 Å². The van der Waals surface area contributed by atoms with Gasteiger partial charge in [-0.15, -0.1) is 0 Å². The quantitative estimate of drug-likeness (QED) is 0.931. The summed E-state index contributed by atoms with van der Waals surface area (Å²) in [6, 6.07) is 21.0. The lowest BCUT2D eigenvalue weighted by Gasteiger charge is -2.36. The monoisotopic (exact) mass is 281 g/mol. The van der Waals surface area contributed by atoms with Crippen molar-refractivity contribution in [1.82, 2.24) is 4.90 Å². The van der Waals surface area contributed by atoms with Crippen LogP contribution in [0, 0.1) is 0 Å². The summed E-state index contributed by atoms with van der Waals surface area (Å²) >= 11 is 0. The van der Waals surface area contributed by atoms with Crippen LogP contribution in [0.3, 0.4) is 0 Å². The average molecular weight is 281 g/mol. The minimum Gasteiger partial charge on any atom is -0.391 e. The third kappa shape index (κ3) is 3.72. The molecule has 0 aromatic heterocycles. The third-order valence-corrected chi connectivity index (χ3v) is 4.45. The Morgan fingerprint density at radius 1 is 0.952 bits per heavy atom. The minimum absolute atomic E-state index is 0.253. The summed E-state index contributed by atoms with van der Waals surface area (Å²) in [6.45, 7) is 2.89. The lowest BCUT2D eigenvalue weighted by Crippen LogP contribution is -2.43. The Morgan fingerprint density at radius 2 is 1.62 bits per heavy atom. The molecule has 0 bridgehead atoms. The summed E-state index contributed by atoms with van der Waals surface area (Å²) in [5.41, 5.74) is 2.64. The van der Waals surface area contributed by atoms with E-state index >= 15 is 0 Å². The molecule has 0 spiro atoms. The zero-order valence-corrected chi connectivity index (χ0v) is 12.4. The van der Waals surface area contributed by atoms with Crippen molar-refractivity contribution >= 4 is 0 Å². The summed E-state index contributed by atoms with van der Waals surface area (Å²) in [6.07, 6.45) is 1.85. The van der Waals surface area contributed by atoms with Crippen LogP contribution in [0.4, 0.5) is 0 Å². The van der Waals surface area contributed by atoms with E-state index in [1.807, 2.05) is 6.07 Å². The Labute approximate surface area is 127 Å². The SMILES string of the molecule is O[C@@H]1CN(CCc2ccccc2)CC[C@@H]1c1ccccc1. The van der Waals surface area contributed by atoms with Gasteiger partial charge in [-0.05, 0) is 30.5 Å². The minimum atomic E-state index is -0.253. The van der Waals surface area contributed by atoms with Gasteiger partial charge in [-0.3, -0.25) is 0 Å². The van der Waals surface area contributed by atoms with E-state index in [1.165, 1.54) is 11.1 Å². The molecule has 0 amide bonds. The van der Waals surface area contributed by atoms with E-state index in [1.54, 1.807) is 0 Å². The molecule has 0 radical (unpaired) electrons. The van der Waals surface area contributed by atoms with Gasteiger partial charge in [-0.1, -0.05) is 60.7 Å². The Hall–Kier alpha value is -1.64. The van der Waals surface area contributed by atoms with Crippen molar-refractivity contribution in [3.8, 4) is 0 Å². The number of rotatable bonds is 4. The van der Waals surface area contributed by atoms with Gasteiger partial charge in [0.2, 0.25) is 0 Å². The standard InChI is InChI=1S/C19H23NO/c21-19-15-20(13-11-16-7-3-1-4-8-16)14-12-18(19)17-9-5-2-6-10-17/h1-10,18-19,21H,11-15H2/t18-,19-/m1/s1. The highest BCUT2D eigenvalue weighted by atomic mass is 16.3. The first-order chi connectivity index (χ1) is 10.3. The molecule has 0 saturated carbocycles. The number of β-amino-alcohol motifs (C(OH)–C–C–N with tert-alkyl or cyclic N) is 1. The van der Waals surface area contributed by atoms with Crippen LogP contribution < -0.4 is 0 Å². The molecular formula is C19H23NO. The largest absolute Gasteiger partial charge is 0.391 e. The Bertz CT molecular complexity index is 540. The maximum atomic E-state index is 10.4. The number of aliphatic hydroxyl groups excluding tert-OH is 1. The van der Waals surface area contributed by atoms with Gasteiger partial charge in [-0.2, -0.15) is 0 Å². The van der Waals surface area contributed by atoms with Crippen molar-refractivity contribution in [2.24, 2.45) is 0 Å².